The lowest BCUT2D eigenvalue weighted by Gasteiger charge is -2.16. The Morgan fingerprint density at radius 1 is 1.30 bits per heavy atom. The number of rotatable bonds is 8. The third-order valence-electron chi connectivity index (χ3n) is 3.83. The van der Waals surface area contributed by atoms with Gasteiger partial charge >= 0.3 is 0 Å². The molecule has 1 aromatic carbocycles. The Morgan fingerprint density at radius 3 is 2.78 bits per heavy atom. The summed E-state index contributed by atoms with van der Waals surface area (Å²) in [6, 6.07) is 9.89. The molecule has 0 fully saturated rings. The van der Waals surface area contributed by atoms with Gasteiger partial charge in [0.05, 0.1) is 6.54 Å². The quantitative estimate of drug-likeness (QED) is 0.306. The van der Waals surface area contributed by atoms with Crippen LogP contribution in [0.1, 0.15) is 32.8 Å². The van der Waals surface area contributed by atoms with Crippen LogP contribution >= 0.6 is 24.0 Å². The number of halogens is 1. The largest absolute Gasteiger partial charge is 0.357 e. The summed E-state index contributed by atoms with van der Waals surface area (Å²) in [5.41, 5.74) is 1.79. The first-order valence-electron chi connectivity index (χ1n) is 9.01. The van der Waals surface area contributed by atoms with Gasteiger partial charge in [0, 0.05) is 30.7 Å². The standard InChI is InChI=1S/C19H28N6O.HI/c1-4-15(3)23-19(20-5-2)21-13-16-8-6-9-17(12-16)24-18(26)14-25-11-7-10-22-25;/h6-12,15H,4-5,13-14H2,1-3H3,(H,24,26)(H2,20,21,23);1H. The fourth-order valence-corrected chi connectivity index (χ4v) is 2.31. The van der Waals surface area contributed by atoms with E-state index in [9.17, 15) is 4.79 Å². The number of benzene rings is 1. The van der Waals surface area contributed by atoms with Crippen LogP contribution < -0.4 is 16.0 Å². The molecule has 1 unspecified atom stereocenters. The number of nitrogens with one attached hydrogen (secondary N) is 3. The highest BCUT2D eigenvalue weighted by Gasteiger charge is 2.05. The fraction of sp³-hybridized carbons (Fsp3) is 0.421. The molecule has 0 aliphatic rings. The van der Waals surface area contributed by atoms with E-state index in [1.165, 1.54) is 0 Å². The third kappa shape index (κ3) is 8.42. The molecule has 3 N–H and O–H groups in total. The summed E-state index contributed by atoms with van der Waals surface area (Å²) in [7, 11) is 0. The molecule has 8 heteroatoms. The van der Waals surface area contributed by atoms with E-state index >= 15 is 0 Å². The highest BCUT2D eigenvalue weighted by molar-refractivity contribution is 14.0. The predicted molar refractivity (Wildman–Crippen MR) is 120 cm³/mol. The summed E-state index contributed by atoms with van der Waals surface area (Å²) in [6.07, 6.45) is 4.45. The van der Waals surface area contributed by atoms with Gasteiger partial charge in [-0.15, -0.1) is 24.0 Å². The average Bonchev–Trinajstić information content (AvgIpc) is 3.12. The van der Waals surface area contributed by atoms with E-state index in [0.29, 0.717) is 12.6 Å². The number of guanidine groups is 1. The number of nitrogens with zero attached hydrogens (tertiary/aromatic N) is 3. The molecule has 0 saturated carbocycles. The van der Waals surface area contributed by atoms with Crippen molar-refractivity contribution in [1.29, 1.82) is 0 Å². The van der Waals surface area contributed by atoms with E-state index < -0.39 is 0 Å². The maximum Gasteiger partial charge on any atom is 0.246 e. The summed E-state index contributed by atoms with van der Waals surface area (Å²) in [5, 5.41) is 13.5. The second kappa shape index (κ2) is 12.3. The number of anilines is 1. The summed E-state index contributed by atoms with van der Waals surface area (Å²) >= 11 is 0. The number of hydrogen-bond donors (Lipinski definition) is 3. The van der Waals surface area contributed by atoms with Crippen LogP contribution in [0.4, 0.5) is 5.69 Å². The Balaban J connectivity index is 0.00000364. The molecule has 0 bridgehead atoms. The van der Waals surface area contributed by atoms with Crippen molar-refractivity contribution in [2.24, 2.45) is 4.99 Å². The van der Waals surface area contributed by atoms with Crippen LogP contribution in [0.3, 0.4) is 0 Å². The van der Waals surface area contributed by atoms with Crippen molar-refractivity contribution < 1.29 is 4.79 Å². The second-order valence-corrected chi connectivity index (χ2v) is 6.10. The van der Waals surface area contributed by atoms with Crippen LogP contribution in [-0.4, -0.2) is 34.2 Å². The van der Waals surface area contributed by atoms with E-state index in [4.69, 9.17) is 0 Å². The lowest BCUT2D eigenvalue weighted by Crippen LogP contribution is -2.41. The minimum absolute atomic E-state index is 0. The highest BCUT2D eigenvalue weighted by atomic mass is 127. The van der Waals surface area contributed by atoms with E-state index in [1.807, 2.05) is 31.2 Å². The molecule has 27 heavy (non-hydrogen) atoms. The van der Waals surface area contributed by atoms with Gasteiger partial charge in [0.25, 0.3) is 0 Å². The predicted octanol–water partition coefficient (Wildman–Crippen LogP) is 2.99. The van der Waals surface area contributed by atoms with Crippen LogP contribution in [0.25, 0.3) is 0 Å². The van der Waals surface area contributed by atoms with Crippen molar-refractivity contribution in [3.63, 3.8) is 0 Å². The van der Waals surface area contributed by atoms with Crippen LogP contribution in [0.5, 0.6) is 0 Å². The van der Waals surface area contributed by atoms with Crippen molar-refractivity contribution >= 4 is 41.5 Å². The molecule has 0 aliphatic heterocycles. The highest BCUT2D eigenvalue weighted by Crippen LogP contribution is 2.12. The van der Waals surface area contributed by atoms with Gasteiger partial charge in [0.15, 0.2) is 5.96 Å². The minimum Gasteiger partial charge on any atom is -0.357 e. The number of carbonyl (C=O) groups is 1. The van der Waals surface area contributed by atoms with Gasteiger partial charge in [-0.2, -0.15) is 5.10 Å². The molecule has 0 radical (unpaired) electrons. The van der Waals surface area contributed by atoms with Gasteiger partial charge in [0.2, 0.25) is 5.91 Å². The molecule has 0 aliphatic carbocycles. The first-order chi connectivity index (χ1) is 12.6. The van der Waals surface area contributed by atoms with E-state index in [0.717, 1.165) is 30.2 Å². The third-order valence-corrected chi connectivity index (χ3v) is 3.83. The van der Waals surface area contributed by atoms with Gasteiger partial charge in [-0.25, -0.2) is 4.99 Å². The molecule has 2 aromatic rings. The van der Waals surface area contributed by atoms with Crippen LogP contribution in [0.2, 0.25) is 0 Å². The molecule has 1 amide bonds. The molecule has 2 rings (SSSR count). The molecule has 1 aromatic heterocycles. The number of aromatic nitrogens is 2. The topological polar surface area (TPSA) is 83.3 Å². The first kappa shape index (κ1) is 22.9. The minimum atomic E-state index is -0.110. The zero-order valence-electron chi connectivity index (χ0n) is 16.1. The maximum absolute atomic E-state index is 12.1. The van der Waals surface area contributed by atoms with E-state index in [-0.39, 0.29) is 36.4 Å². The summed E-state index contributed by atoms with van der Waals surface area (Å²) < 4.78 is 1.59. The molecule has 148 valence electrons. The van der Waals surface area contributed by atoms with Crippen molar-refractivity contribution in [3.05, 3.63) is 48.3 Å². The van der Waals surface area contributed by atoms with Crippen molar-refractivity contribution in [2.75, 3.05) is 11.9 Å². The number of amides is 1. The smallest absolute Gasteiger partial charge is 0.246 e. The zero-order chi connectivity index (χ0) is 18.8. The van der Waals surface area contributed by atoms with Crippen molar-refractivity contribution in [3.8, 4) is 0 Å². The molecule has 1 atom stereocenters. The van der Waals surface area contributed by atoms with Crippen LogP contribution in [0, 0.1) is 0 Å². The summed E-state index contributed by atoms with van der Waals surface area (Å²) in [6.45, 7) is 7.85. The van der Waals surface area contributed by atoms with Gasteiger partial charge < -0.3 is 16.0 Å². The Bertz CT molecular complexity index is 717. The Labute approximate surface area is 178 Å². The Morgan fingerprint density at radius 2 is 2.11 bits per heavy atom. The first-order valence-corrected chi connectivity index (χ1v) is 9.01. The Kier molecular flexibility index (Phi) is 10.5. The van der Waals surface area contributed by atoms with Gasteiger partial charge in [-0.3, -0.25) is 9.48 Å². The molecule has 7 nitrogen and oxygen atoms in total. The van der Waals surface area contributed by atoms with Gasteiger partial charge in [-0.1, -0.05) is 19.1 Å². The summed E-state index contributed by atoms with van der Waals surface area (Å²) in [4.78, 5) is 16.7. The van der Waals surface area contributed by atoms with Crippen LogP contribution in [-0.2, 0) is 17.9 Å². The normalized spacial score (nSPS) is 12.0. The van der Waals surface area contributed by atoms with Gasteiger partial charge in [-0.05, 0) is 44.0 Å². The maximum atomic E-state index is 12.1. The van der Waals surface area contributed by atoms with Crippen molar-refractivity contribution in [1.82, 2.24) is 20.4 Å². The molecule has 0 saturated heterocycles. The second-order valence-electron chi connectivity index (χ2n) is 6.10. The average molecular weight is 484 g/mol. The zero-order valence-corrected chi connectivity index (χ0v) is 18.4. The molecular weight excluding hydrogens is 455 g/mol. The Hall–Kier alpha value is -2.10. The lowest BCUT2D eigenvalue weighted by molar-refractivity contribution is -0.116. The SMILES string of the molecule is CCNC(=NCc1cccc(NC(=O)Cn2cccn2)c1)NC(C)CC.I. The fourth-order valence-electron chi connectivity index (χ4n) is 2.31. The number of aliphatic imine (C=N–C) groups is 1. The van der Waals surface area contributed by atoms with Crippen LogP contribution in [0.15, 0.2) is 47.7 Å². The molecular formula is C19H29IN6O. The summed E-state index contributed by atoms with van der Waals surface area (Å²) in [5.74, 6) is 0.691. The molecule has 0 spiro atoms. The lowest BCUT2D eigenvalue weighted by atomic mass is 10.2. The van der Waals surface area contributed by atoms with Crippen molar-refractivity contribution in [2.45, 2.75) is 46.3 Å². The van der Waals surface area contributed by atoms with E-state index in [2.05, 4.69) is 39.9 Å². The number of hydrogen-bond acceptors (Lipinski definition) is 3. The van der Waals surface area contributed by atoms with Gasteiger partial charge in [0.1, 0.15) is 6.54 Å². The molecule has 1 heterocycles. The van der Waals surface area contributed by atoms with E-state index in [1.54, 1.807) is 23.1 Å². The monoisotopic (exact) mass is 484 g/mol. The number of carbonyl (C=O) groups excluding carboxylic acids is 1.